The fraction of sp³-hybridized carbons (Fsp3) is 0.190. The number of aromatic nitrogens is 3. The van der Waals surface area contributed by atoms with E-state index in [0.29, 0.717) is 27.4 Å². The zero-order valence-corrected chi connectivity index (χ0v) is 18.5. The third-order valence-corrected chi connectivity index (χ3v) is 7.05. The van der Waals surface area contributed by atoms with Crippen LogP contribution >= 0.6 is 23.1 Å². The van der Waals surface area contributed by atoms with Crippen molar-refractivity contribution in [1.82, 2.24) is 15.0 Å². The summed E-state index contributed by atoms with van der Waals surface area (Å²) in [5.41, 5.74) is 1.26. The molecule has 1 aliphatic heterocycles. The van der Waals surface area contributed by atoms with Crippen LogP contribution in [-0.4, -0.2) is 31.9 Å². The molecule has 1 amide bonds. The van der Waals surface area contributed by atoms with Gasteiger partial charge in [-0.25, -0.2) is 23.5 Å². The molecule has 0 spiro atoms. The predicted molar refractivity (Wildman–Crippen MR) is 119 cm³/mol. The van der Waals surface area contributed by atoms with E-state index in [-0.39, 0.29) is 50.6 Å². The molecule has 33 heavy (non-hydrogen) atoms. The van der Waals surface area contributed by atoms with Crippen LogP contribution in [0.4, 0.5) is 18.6 Å². The zero-order valence-electron chi connectivity index (χ0n) is 16.9. The molecule has 4 heterocycles. The van der Waals surface area contributed by atoms with E-state index in [1.807, 2.05) is 13.0 Å². The number of rotatable bonds is 4. The topological polar surface area (TPSA) is 121 Å². The minimum atomic E-state index is -1.41. The Kier molecular flexibility index (Phi) is 5.32. The van der Waals surface area contributed by atoms with E-state index >= 15 is 4.39 Å². The number of ether oxygens (including phenoxy) is 1. The van der Waals surface area contributed by atoms with Crippen LogP contribution in [0.5, 0.6) is 0 Å². The minimum Gasteiger partial charge on any atom is -0.465 e. The Morgan fingerprint density at radius 1 is 1.33 bits per heavy atom. The summed E-state index contributed by atoms with van der Waals surface area (Å²) in [6.07, 6.45) is 1.09. The van der Waals surface area contributed by atoms with Crippen molar-refractivity contribution in [2.45, 2.75) is 25.3 Å². The van der Waals surface area contributed by atoms with Crippen LogP contribution in [0.3, 0.4) is 0 Å². The Hall–Kier alpha value is -3.40. The second-order valence-electron chi connectivity index (χ2n) is 6.99. The summed E-state index contributed by atoms with van der Waals surface area (Å²) in [6.45, 7) is 2.24. The van der Waals surface area contributed by atoms with E-state index in [9.17, 15) is 14.4 Å². The van der Waals surface area contributed by atoms with Gasteiger partial charge in [-0.05, 0) is 16.9 Å². The van der Waals surface area contributed by atoms with Crippen LogP contribution in [0, 0.1) is 23.0 Å². The predicted octanol–water partition coefficient (Wildman–Crippen LogP) is 5.29. The van der Waals surface area contributed by atoms with Gasteiger partial charge in [0.2, 0.25) is 0 Å². The molecule has 1 aliphatic rings. The monoisotopic (exact) mass is 485 g/mol. The van der Waals surface area contributed by atoms with Gasteiger partial charge in [0.1, 0.15) is 16.6 Å². The van der Waals surface area contributed by atoms with Gasteiger partial charge in [0.05, 0.1) is 35.4 Å². The number of halogens is 2. The summed E-state index contributed by atoms with van der Waals surface area (Å²) >= 11 is 2.11. The normalized spacial score (nSPS) is 12.8. The number of hydrogen-bond donors (Lipinski definition) is 2. The summed E-state index contributed by atoms with van der Waals surface area (Å²) in [6, 6.07) is 1.91. The summed E-state index contributed by atoms with van der Waals surface area (Å²) in [5, 5.41) is 21.9. The summed E-state index contributed by atoms with van der Waals surface area (Å²) in [4.78, 5) is 24.0. The van der Waals surface area contributed by atoms with E-state index in [2.05, 4.69) is 20.3 Å². The lowest BCUT2D eigenvalue weighted by atomic mass is 9.94. The molecule has 1 aromatic carbocycles. The summed E-state index contributed by atoms with van der Waals surface area (Å²) in [5.74, 6) is -0.724. The van der Waals surface area contributed by atoms with Gasteiger partial charge in [-0.1, -0.05) is 18.7 Å². The Morgan fingerprint density at radius 3 is 2.85 bits per heavy atom. The number of carboxylic acid groups (broad SMARTS) is 1. The van der Waals surface area contributed by atoms with E-state index in [1.54, 1.807) is 6.20 Å². The Morgan fingerprint density at radius 2 is 2.12 bits per heavy atom. The standard InChI is InChI=1S/C21H13F2N5O3S2/c1-2-32-20-26-4-9-10-6-31-7-11(10)13(15(23)16(9)27-20)17-14-8(3-24)19(28-21(29)30)33-18(14)12(22)5-25-17/h4-5,28H,2,6-7H2,1H3,(H,29,30). The van der Waals surface area contributed by atoms with Gasteiger partial charge in [0.15, 0.2) is 16.8 Å². The SMILES string of the molecule is CCSc1ncc2c3c(c(-c4ncc(F)c5sc(NC(=O)O)c(C#N)c45)c(F)c2n1)COC3. The highest BCUT2D eigenvalue weighted by atomic mass is 32.2. The van der Waals surface area contributed by atoms with Gasteiger partial charge >= 0.3 is 6.09 Å². The maximum atomic E-state index is 16.0. The molecule has 0 fully saturated rings. The highest BCUT2D eigenvalue weighted by molar-refractivity contribution is 7.99. The number of carbonyl (C=O) groups is 1. The molecule has 0 radical (unpaired) electrons. The van der Waals surface area contributed by atoms with Gasteiger partial charge < -0.3 is 9.84 Å². The van der Waals surface area contributed by atoms with Gasteiger partial charge in [-0.2, -0.15) is 5.26 Å². The Labute approximate surface area is 193 Å². The van der Waals surface area contributed by atoms with Crippen LogP contribution < -0.4 is 5.32 Å². The third kappa shape index (κ3) is 3.36. The van der Waals surface area contributed by atoms with E-state index < -0.39 is 17.7 Å². The van der Waals surface area contributed by atoms with Crippen molar-refractivity contribution in [3.05, 3.63) is 40.7 Å². The Bertz CT molecular complexity index is 1520. The summed E-state index contributed by atoms with van der Waals surface area (Å²) < 4.78 is 36.3. The first kappa shape index (κ1) is 21.4. The average Bonchev–Trinajstić information content (AvgIpc) is 3.40. The van der Waals surface area contributed by atoms with E-state index in [4.69, 9.17) is 9.84 Å². The fourth-order valence-electron chi connectivity index (χ4n) is 3.89. The van der Waals surface area contributed by atoms with Crippen molar-refractivity contribution >= 4 is 55.2 Å². The molecule has 3 aromatic heterocycles. The van der Waals surface area contributed by atoms with Crippen LogP contribution in [-0.2, 0) is 18.0 Å². The number of nitrogens with one attached hydrogen (secondary N) is 1. The molecule has 2 N–H and O–H groups in total. The Balaban J connectivity index is 1.88. The molecular formula is C21H13F2N5O3S2. The molecule has 0 saturated carbocycles. The number of thioether (sulfide) groups is 1. The van der Waals surface area contributed by atoms with Crippen LogP contribution in [0.1, 0.15) is 23.6 Å². The average molecular weight is 485 g/mol. The smallest absolute Gasteiger partial charge is 0.409 e. The number of pyridine rings is 1. The first-order chi connectivity index (χ1) is 15.9. The molecule has 4 aromatic rings. The number of nitriles is 1. The molecule has 166 valence electrons. The number of benzene rings is 1. The molecule has 5 rings (SSSR count). The lowest BCUT2D eigenvalue weighted by Gasteiger charge is -2.14. The number of amides is 1. The van der Waals surface area contributed by atoms with Gasteiger partial charge in [-0.3, -0.25) is 10.3 Å². The van der Waals surface area contributed by atoms with Gasteiger partial charge in [-0.15, -0.1) is 11.3 Å². The highest BCUT2D eigenvalue weighted by Crippen LogP contribution is 2.45. The van der Waals surface area contributed by atoms with Crippen LogP contribution in [0.2, 0.25) is 0 Å². The second kappa shape index (κ2) is 8.18. The molecular weight excluding hydrogens is 472 g/mol. The van der Waals surface area contributed by atoms with Crippen molar-refractivity contribution < 1.29 is 23.4 Å². The molecule has 0 saturated heterocycles. The first-order valence-electron chi connectivity index (χ1n) is 9.66. The summed E-state index contributed by atoms with van der Waals surface area (Å²) in [7, 11) is 0. The number of fused-ring (bicyclic) bond motifs is 4. The number of nitrogens with zero attached hydrogens (tertiary/aromatic N) is 4. The molecule has 0 unspecified atom stereocenters. The van der Waals surface area contributed by atoms with Crippen molar-refractivity contribution in [2.75, 3.05) is 11.1 Å². The highest BCUT2D eigenvalue weighted by Gasteiger charge is 2.30. The lowest BCUT2D eigenvalue weighted by Crippen LogP contribution is -2.06. The van der Waals surface area contributed by atoms with Crippen LogP contribution in [0.15, 0.2) is 17.6 Å². The van der Waals surface area contributed by atoms with Crippen LogP contribution in [0.25, 0.3) is 32.2 Å². The van der Waals surface area contributed by atoms with Crippen molar-refractivity contribution in [3.63, 3.8) is 0 Å². The zero-order chi connectivity index (χ0) is 23.3. The maximum Gasteiger partial charge on any atom is 0.409 e. The quantitative estimate of drug-likeness (QED) is 0.295. The maximum absolute atomic E-state index is 16.0. The molecule has 0 atom stereocenters. The lowest BCUT2D eigenvalue weighted by molar-refractivity contribution is 0.135. The van der Waals surface area contributed by atoms with Crippen molar-refractivity contribution in [3.8, 4) is 17.3 Å². The third-order valence-electron chi connectivity index (χ3n) is 5.19. The first-order valence-corrected chi connectivity index (χ1v) is 11.5. The van der Waals surface area contributed by atoms with Gasteiger partial charge in [0.25, 0.3) is 0 Å². The van der Waals surface area contributed by atoms with Crippen molar-refractivity contribution in [1.29, 1.82) is 5.26 Å². The van der Waals surface area contributed by atoms with E-state index in [1.165, 1.54) is 11.8 Å². The van der Waals surface area contributed by atoms with E-state index in [0.717, 1.165) is 17.5 Å². The number of thiophene rings is 1. The number of hydrogen-bond acceptors (Lipinski definition) is 8. The second-order valence-corrected chi connectivity index (χ2v) is 9.25. The van der Waals surface area contributed by atoms with Crippen molar-refractivity contribution in [2.24, 2.45) is 0 Å². The largest absolute Gasteiger partial charge is 0.465 e. The number of anilines is 1. The molecule has 12 heteroatoms. The molecule has 0 aliphatic carbocycles. The molecule has 8 nitrogen and oxygen atoms in total. The fourth-order valence-corrected chi connectivity index (χ4v) is 5.48. The molecule has 0 bridgehead atoms. The minimum absolute atomic E-state index is 0.00243. The van der Waals surface area contributed by atoms with Gasteiger partial charge in [0, 0.05) is 22.5 Å².